The van der Waals surface area contributed by atoms with E-state index in [9.17, 15) is 23.1 Å². The second-order valence-corrected chi connectivity index (χ2v) is 3.66. The summed E-state index contributed by atoms with van der Waals surface area (Å²) in [4.78, 5) is 14.7. The van der Waals surface area contributed by atoms with Gasteiger partial charge in [0, 0.05) is 12.1 Å². The molecule has 3 N–H and O–H groups in total. The molecule has 0 aliphatic rings. The SMILES string of the molecule is CCOC(=O)Cc1cc(CN)nc(OC(F)(F)F)c1O. The molecule has 0 aromatic carbocycles. The van der Waals surface area contributed by atoms with E-state index >= 15 is 0 Å². The number of hydrogen-bond donors (Lipinski definition) is 2. The van der Waals surface area contributed by atoms with E-state index in [1.54, 1.807) is 6.92 Å². The second kappa shape index (κ2) is 6.42. The third-order valence-electron chi connectivity index (χ3n) is 2.15. The maximum atomic E-state index is 12.2. The van der Waals surface area contributed by atoms with Gasteiger partial charge in [0.2, 0.25) is 0 Å². The number of carbonyl (C=O) groups excluding carboxylic acids is 1. The number of carbonyl (C=O) groups is 1. The molecule has 0 aliphatic carbocycles. The molecule has 112 valence electrons. The van der Waals surface area contributed by atoms with Crippen LogP contribution in [0.25, 0.3) is 0 Å². The number of ether oxygens (including phenoxy) is 2. The number of halogens is 3. The largest absolute Gasteiger partial charge is 0.574 e. The van der Waals surface area contributed by atoms with E-state index in [0.29, 0.717) is 0 Å². The molecule has 1 aromatic heterocycles. The minimum Gasteiger partial charge on any atom is -0.503 e. The van der Waals surface area contributed by atoms with Crippen molar-refractivity contribution < 1.29 is 32.5 Å². The first kappa shape index (κ1) is 16.0. The molecule has 6 nitrogen and oxygen atoms in total. The highest BCUT2D eigenvalue weighted by molar-refractivity contribution is 5.74. The molecule has 20 heavy (non-hydrogen) atoms. The lowest BCUT2D eigenvalue weighted by Gasteiger charge is -2.13. The molecule has 0 radical (unpaired) electrons. The van der Waals surface area contributed by atoms with Crippen molar-refractivity contribution in [3.05, 3.63) is 17.3 Å². The monoisotopic (exact) mass is 294 g/mol. The zero-order valence-electron chi connectivity index (χ0n) is 10.5. The number of esters is 1. The van der Waals surface area contributed by atoms with Crippen molar-refractivity contribution in [1.29, 1.82) is 0 Å². The Labute approximate surface area is 112 Å². The minimum atomic E-state index is -5.01. The van der Waals surface area contributed by atoms with Crippen LogP contribution in [0.2, 0.25) is 0 Å². The van der Waals surface area contributed by atoms with E-state index in [1.807, 2.05) is 0 Å². The molecule has 1 aromatic rings. The predicted molar refractivity (Wildman–Crippen MR) is 60.8 cm³/mol. The average Bonchev–Trinajstić information content (AvgIpc) is 2.32. The molecule has 0 atom stereocenters. The Balaban J connectivity index is 3.10. The number of aromatic hydroxyl groups is 1. The van der Waals surface area contributed by atoms with Gasteiger partial charge < -0.3 is 20.3 Å². The molecule has 0 aliphatic heterocycles. The summed E-state index contributed by atoms with van der Waals surface area (Å²) < 4.78 is 44.8. The lowest BCUT2D eigenvalue weighted by molar-refractivity contribution is -0.276. The summed E-state index contributed by atoms with van der Waals surface area (Å²) in [6.07, 6.45) is -5.43. The molecule has 0 saturated carbocycles. The van der Waals surface area contributed by atoms with E-state index in [-0.39, 0.29) is 24.4 Å². The molecule has 0 bridgehead atoms. The van der Waals surface area contributed by atoms with Crippen molar-refractivity contribution in [2.45, 2.75) is 26.3 Å². The van der Waals surface area contributed by atoms with Crippen LogP contribution >= 0.6 is 0 Å². The van der Waals surface area contributed by atoms with Crippen molar-refractivity contribution in [3.8, 4) is 11.6 Å². The Bertz CT molecular complexity index is 491. The van der Waals surface area contributed by atoms with Crippen LogP contribution in [0.5, 0.6) is 11.6 Å². The average molecular weight is 294 g/mol. The summed E-state index contributed by atoms with van der Waals surface area (Å²) in [5.74, 6) is -2.61. The molecule has 0 fully saturated rings. The van der Waals surface area contributed by atoms with Gasteiger partial charge in [-0.05, 0) is 13.0 Å². The third kappa shape index (κ3) is 4.57. The Morgan fingerprint density at radius 3 is 2.65 bits per heavy atom. The number of nitrogens with zero attached hydrogens (tertiary/aromatic N) is 1. The van der Waals surface area contributed by atoms with Gasteiger partial charge in [-0.1, -0.05) is 0 Å². The van der Waals surface area contributed by atoms with Crippen LogP contribution in [0.3, 0.4) is 0 Å². The van der Waals surface area contributed by atoms with E-state index in [2.05, 4.69) is 14.5 Å². The number of aromatic nitrogens is 1. The quantitative estimate of drug-likeness (QED) is 0.794. The van der Waals surface area contributed by atoms with Crippen LogP contribution < -0.4 is 10.5 Å². The number of pyridine rings is 1. The normalized spacial score (nSPS) is 11.2. The minimum absolute atomic E-state index is 0.0429. The smallest absolute Gasteiger partial charge is 0.503 e. The topological polar surface area (TPSA) is 94.7 Å². The number of hydrogen-bond acceptors (Lipinski definition) is 6. The zero-order valence-corrected chi connectivity index (χ0v) is 10.5. The van der Waals surface area contributed by atoms with Crippen LogP contribution in [0.4, 0.5) is 13.2 Å². The highest BCUT2D eigenvalue weighted by Crippen LogP contribution is 2.33. The fourth-order valence-electron chi connectivity index (χ4n) is 1.41. The summed E-state index contributed by atoms with van der Waals surface area (Å²) in [5, 5.41) is 9.65. The summed E-state index contributed by atoms with van der Waals surface area (Å²) in [7, 11) is 0. The van der Waals surface area contributed by atoms with Crippen LogP contribution in [0, 0.1) is 0 Å². The Morgan fingerprint density at radius 1 is 1.50 bits per heavy atom. The van der Waals surface area contributed by atoms with Crippen molar-refractivity contribution in [3.63, 3.8) is 0 Å². The standard InChI is InChI=1S/C11H13F3N2O4/c1-2-19-8(17)4-6-3-7(5-15)16-10(9(6)18)20-11(12,13)14/h3,18H,2,4-5,15H2,1H3. The molecule has 0 saturated heterocycles. The number of alkyl halides is 3. The Kier molecular flexibility index (Phi) is 5.14. The summed E-state index contributed by atoms with van der Waals surface area (Å²) in [6, 6.07) is 1.22. The van der Waals surface area contributed by atoms with Crippen molar-refractivity contribution in [2.75, 3.05) is 6.61 Å². The summed E-state index contributed by atoms with van der Waals surface area (Å²) in [6.45, 7) is 1.51. The van der Waals surface area contributed by atoms with Gasteiger partial charge in [0.05, 0.1) is 18.7 Å². The molecule has 0 unspecified atom stereocenters. The van der Waals surface area contributed by atoms with Gasteiger partial charge in [-0.25, -0.2) is 4.98 Å². The van der Waals surface area contributed by atoms with Crippen molar-refractivity contribution >= 4 is 5.97 Å². The first-order valence-electron chi connectivity index (χ1n) is 5.60. The highest BCUT2D eigenvalue weighted by atomic mass is 19.4. The molecule has 1 rings (SSSR count). The van der Waals surface area contributed by atoms with Crippen molar-refractivity contribution in [1.82, 2.24) is 4.98 Å². The lowest BCUT2D eigenvalue weighted by Crippen LogP contribution is -2.19. The Hall–Kier alpha value is -2.03. The van der Waals surface area contributed by atoms with Gasteiger partial charge in [0.15, 0.2) is 5.75 Å². The second-order valence-electron chi connectivity index (χ2n) is 3.66. The van der Waals surface area contributed by atoms with Crippen LogP contribution in [0.1, 0.15) is 18.2 Å². The Morgan fingerprint density at radius 2 is 2.15 bits per heavy atom. The molecular formula is C11H13F3N2O4. The zero-order chi connectivity index (χ0) is 15.3. The maximum absolute atomic E-state index is 12.2. The van der Waals surface area contributed by atoms with E-state index < -0.39 is 30.4 Å². The van der Waals surface area contributed by atoms with Gasteiger partial charge in [-0.3, -0.25) is 4.79 Å². The van der Waals surface area contributed by atoms with E-state index in [4.69, 9.17) is 5.73 Å². The predicted octanol–water partition coefficient (Wildman–Crippen LogP) is 1.25. The molecule has 1 heterocycles. The first-order chi connectivity index (χ1) is 9.26. The first-order valence-corrected chi connectivity index (χ1v) is 5.60. The van der Waals surface area contributed by atoms with Crippen LogP contribution in [0.15, 0.2) is 6.07 Å². The lowest BCUT2D eigenvalue weighted by atomic mass is 10.1. The third-order valence-corrected chi connectivity index (χ3v) is 2.15. The molecule has 0 spiro atoms. The van der Waals surface area contributed by atoms with Gasteiger partial charge >= 0.3 is 12.3 Å². The number of rotatable bonds is 5. The molecular weight excluding hydrogens is 281 g/mol. The highest BCUT2D eigenvalue weighted by Gasteiger charge is 2.34. The summed E-state index contributed by atoms with van der Waals surface area (Å²) in [5.41, 5.74) is 5.24. The van der Waals surface area contributed by atoms with E-state index in [0.717, 1.165) is 0 Å². The van der Waals surface area contributed by atoms with Crippen LogP contribution in [-0.2, 0) is 22.5 Å². The molecule has 9 heteroatoms. The van der Waals surface area contributed by atoms with Gasteiger partial charge in [0.1, 0.15) is 0 Å². The fraction of sp³-hybridized carbons (Fsp3) is 0.455. The molecule has 0 amide bonds. The van der Waals surface area contributed by atoms with Crippen LogP contribution in [-0.4, -0.2) is 29.0 Å². The maximum Gasteiger partial charge on any atom is 0.574 e. The van der Waals surface area contributed by atoms with Gasteiger partial charge in [0.25, 0.3) is 5.88 Å². The van der Waals surface area contributed by atoms with Gasteiger partial charge in [-0.2, -0.15) is 0 Å². The fourth-order valence-corrected chi connectivity index (χ4v) is 1.41. The van der Waals surface area contributed by atoms with Gasteiger partial charge in [-0.15, -0.1) is 13.2 Å². The summed E-state index contributed by atoms with van der Waals surface area (Å²) >= 11 is 0. The van der Waals surface area contributed by atoms with E-state index in [1.165, 1.54) is 6.07 Å². The van der Waals surface area contributed by atoms with Crippen molar-refractivity contribution in [2.24, 2.45) is 5.73 Å². The number of nitrogens with two attached hydrogens (primary N) is 1.